The van der Waals surface area contributed by atoms with Gasteiger partial charge >= 0.3 is 0 Å². The quantitative estimate of drug-likeness (QED) is 0.217. The summed E-state index contributed by atoms with van der Waals surface area (Å²) in [5.74, 6) is -0.625. The number of nitrogens with zero attached hydrogens (tertiary/aromatic N) is 3. The van der Waals surface area contributed by atoms with E-state index in [1.54, 1.807) is 37.4 Å². The molecule has 0 bridgehead atoms. The van der Waals surface area contributed by atoms with Gasteiger partial charge in [0.15, 0.2) is 11.2 Å². The minimum Gasteiger partial charge on any atom is -0.451 e. The number of likely N-dealkylation sites (tertiary alicyclic amines) is 1. The molecule has 4 aromatic rings. The average Bonchev–Trinajstić information content (AvgIpc) is 3.10. The highest BCUT2D eigenvalue weighted by atomic mass is 35.5. The van der Waals surface area contributed by atoms with Gasteiger partial charge < -0.3 is 24.4 Å². The number of para-hydroxylation sites is 1. The number of rotatable bonds is 8. The summed E-state index contributed by atoms with van der Waals surface area (Å²) < 4.78 is 5.88. The van der Waals surface area contributed by atoms with Gasteiger partial charge in [-0.1, -0.05) is 47.5 Å². The molecule has 252 valence electrons. The van der Waals surface area contributed by atoms with Gasteiger partial charge in [0.1, 0.15) is 5.58 Å². The van der Waals surface area contributed by atoms with Crippen LogP contribution in [-0.4, -0.2) is 49.3 Å². The summed E-state index contributed by atoms with van der Waals surface area (Å²) in [6, 6.07) is 21.6. The van der Waals surface area contributed by atoms with Gasteiger partial charge in [0.2, 0.25) is 11.8 Å². The highest BCUT2D eigenvalue weighted by Crippen LogP contribution is 2.29. The Morgan fingerprint density at radius 2 is 1.69 bits per heavy atom. The first-order valence-electron chi connectivity index (χ1n) is 16.6. The molecule has 2 fully saturated rings. The second kappa shape index (κ2) is 15.0. The SMILES string of the molecule is CC(=O)N(C)c1ccc2oc(C(=O)N/C(C=C3CCN(c4ccccc4CN4CCCCC4=O)CC3)=C\c3ccc(Cl)cc3)cc(=O)c2c1. The second-order valence-corrected chi connectivity index (χ2v) is 13.0. The van der Waals surface area contributed by atoms with Gasteiger partial charge in [-0.2, -0.15) is 0 Å². The number of allylic oxidation sites excluding steroid dienone is 1. The van der Waals surface area contributed by atoms with E-state index in [0.717, 1.165) is 62.1 Å². The molecule has 2 aliphatic rings. The second-order valence-electron chi connectivity index (χ2n) is 12.5. The molecule has 9 nitrogen and oxygen atoms in total. The van der Waals surface area contributed by atoms with Crippen molar-refractivity contribution in [3.8, 4) is 0 Å². The Kier molecular flexibility index (Phi) is 10.3. The van der Waals surface area contributed by atoms with Crippen LogP contribution in [0, 0.1) is 0 Å². The van der Waals surface area contributed by atoms with E-state index in [1.165, 1.54) is 23.5 Å². The highest BCUT2D eigenvalue weighted by molar-refractivity contribution is 6.30. The zero-order valence-corrected chi connectivity index (χ0v) is 28.5. The third-order valence-corrected chi connectivity index (χ3v) is 9.38. The molecule has 3 amide bonds. The summed E-state index contributed by atoms with van der Waals surface area (Å²) in [6.45, 7) is 4.44. The molecule has 0 unspecified atom stereocenters. The molecule has 0 atom stereocenters. The summed E-state index contributed by atoms with van der Waals surface area (Å²) >= 11 is 6.12. The molecule has 1 aromatic heterocycles. The zero-order chi connectivity index (χ0) is 34.5. The number of benzene rings is 3. The lowest BCUT2D eigenvalue weighted by molar-refractivity contribution is -0.133. The van der Waals surface area contributed by atoms with Gasteiger partial charge in [-0.3, -0.25) is 19.2 Å². The van der Waals surface area contributed by atoms with Gasteiger partial charge in [-0.25, -0.2) is 0 Å². The lowest BCUT2D eigenvalue weighted by Crippen LogP contribution is -2.36. The molecular formula is C39H39ClN4O5. The maximum atomic E-state index is 13.5. The van der Waals surface area contributed by atoms with Crippen LogP contribution in [-0.2, 0) is 16.1 Å². The molecule has 2 aliphatic heterocycles. The first kappa shape index (κ1) is 33.7. The number of fused-ring (bicyclic) bond motifs is 1. The van der Waals surface area contributed by atoms with Crippen LogP contribution in [0.1, 0.15) is 60.7 Å². The predicted molar refractivity (Wildman–Crippen MR) is 194 cm³/mol. The van der Waals surface area contributed by atoms with E-state index in [2.05, 4.69) is 22.3 Å². The average molecular weight is 679 g/mol. The number of carbonyl (C=O) groups excluding carboxylic acids is 3. The van der Waals surface area contributed by atoms with E-state index >= 15 is 0 Å². The maximum absolute atomic E-state index is 13.5. The summed E-state index contributed by atoms with van der Waals surface area (Å²) in [4.78, 5) is 56.7. The lowest BCUT2D eigenvalue weighted by Gasteiger charge is -2.34. The molecular weight excluding hydrogens is 640 g/mol. The monoisotopic (exact) mass is 678 g/mol. The van der Waals surface area contributed by atoms with Gasteiger partial charge in [-0.05, 0) is 85.4 Å². The lowest BCUT2D eigenvalue weighted by atomic mass is 10.00. The molecule has 10 heteroatoms. The van der Waals surface area contributed by atoms with Gasteiger partial charge in [0.05, 0.1) is 5.39 Å². The maximum Gasteiger partial charge on any atom is 0.291 e. The Balaban J connectivity index is 1.21. The number of anilines is 2. The third kappa shape index (κ3) is 8.12. The molecule has 3 aromatic carbocycles. The fourth-order valence-corrected chi connectivity index (χ4v) is 6.40. The van der Waals surface area contributed by atoms with E-state index in [0.29, 0.717) is 29.4 Å². The summed E-state index contributed by atoms with van der Waals surface area (Å²) in [5, 5.41) is 3.84. The van der Waals surface area contributed by atoms with Gasteiger partial charge in [0.25, 0.3) is 5.91 Å². The topological polar surface area (TPSA) is 103 Å². The Morgan fingerprint density at radius 3 is 2.43 bits per heavy atom. The van der Waals surface area contributed by atoms with E-state index in [1.807, 2.05) is 41.3 Å². The molecule has 0 radical (unpaired) electrons. The standard InChI is InChI=1S/C39H39ClN4O5/c1-26(45)42(2)32-14-15-36-33(23-32)35(46)24-37(49-36)39(48)41-31(21-27-10-12-30(40)13-11-27)22-28-16-19-43(20-17-28)34-8-4-3-7-29(34)25-44-18-6-5-9-38(44)47/h3-4,7-8,10-15,21-24H,5-6,9,16-20,25H2,1-2H3,(H,41,48)/b31-21-. The fraction of sp³-hybridized carbons (Fsp3) is 0.282. The Labute approximate surface area is 290 Å². The molecule has 0 saturated carbocycles. The number of hydrogen-bond acceptors (Lipinski definition) is 6. The van der Waals surface area contributed by atoms with Crippen molar-refractivity contribution in [3.05, 3.63) is 122 Å². The Hall–Kier alpha value is -5.15. The minimum absolute atomic E-state index is 0.121. The fourth-order valence-electron chi connectivity index (χ4n) is 6.28. The van der Waals surface area contributed by atoms with Crippen LogP contribution in [0.3, 0.4) is 0 Å². The minimum atomic E-state index is -0.556. The third-order valence-electron chi connectivity index (χ3n) is 9.12. The number of hydrogen-bond donors (Lipinski definition) is 1. The predicted octanol–water partition coefficient (Wildman–Crippen LogP) is 6.94. The molecule has 0 aliphatic carbocycles. The molecule has 49 heavy (non-hydrogen) atoms. The number of halogens is 1. The largest absolute Gasteiger partial charge is 0.451 e. The van der Waals surface area contributed by atoms with Crippen molar-refractivity contribution in [3.63, 3.8) is 0 Å². The van der Waals surface area contributed by atoms with Gasteiger partial charge in [-0.15, -0.1) is 0 Å². The van der Waals surface area contributed by atoms with Crippen LogP contribution >= 0.6 is 11.6 Å². The van der Waals surface area contributed by atoms with Crippen molar-refractivity contribution in [2.45, 2.75) is 45.6 Å². The molecule has 1 N–H and O–H groups in total. The smallest absolute Gasteiger partial charge is 0.291 e. The van der Waals surface area contributed by atoms with Crippen molar-refractivity contribution in [1.29, 1.82) is 0 Å². The van der Waals surface area contributed by atoms with Crippen LogP contribution in [0.5, 0.6) is 0 Å². The van der Waals surface area contributed by atoms with Crippen LogP contribution in [0.15, 0.2) is 99.4 Å². The Bertz CT molecular complexity index is 2010. The molecule has 6 rings (SSSR count). The van der Waals surface area contributed by atoms with Crippen LogP contribution in [0.25, 0.3) is 17.0 Å². The van der Waals surface area contributed by atoms with E-state index in [-0.39, 0.29) is 34.0 Å². The number of nitrogens with one attached hydrogen (secondary N) is 1. The van der Waals surface area contributed by atoms with Gasteiger partial charge in [0, 0.05) is 74.7 Å². The zero-order valence-electron chi connectivity index (χ0n) is 27.7. The van der Waals surface area contributed by atoms with Crippen LogP contribution in [0.4, 0.5) is 11.4 Å². The van der Waals surface area contributed by atoms with Crippen molar-refractivity contribution >= 4 is 57.7 Å². The highest BCUT2D eigenvalue weighted by Gasteiger charge is 2.22. The normalized spacial score (nSPS) is 15.4. The van der Waals surface area contributed by atoms with Crippen molar-refractivity contribution in [2.24, 2.45) is 0 Å². The molecule has 2 saturated heterocycles. The summed E-state index contributed by atoms with van der Waals surface area (Å²) in [7, 11) is 1.62. The summed E-state index contributed by atoms with van der Waals surface area (Å²) in [6.07, 6.45) is 8.05. The first-order chi connectivity index (χ1) is 23.6. The Morgan fingerprint density at radius 1 is 0.939 bits per heavy atom. The number of carbonyl (C=O) groups is 3. The molecule has 3 heterocycles. The van der Waals surface area contributed by atoms with E-state index in [9.17, 15) is 19.2 Å². The van der Waals surface area contributed by atoms with Crippen molar-refractivity contribution < 1.29 is 18.8 Å². The van der Waals surface area contributed by atoms with Crippen LogP contribution in [0.2, 0.25) is 5.02 Å². The van der Waals surface area contributed by atoms with E-state index in [4.69, 9.17) is 16.0 Å². The van der Waals surface area contributed by atoms with E-state index < -0.39 is 5.91 Å². The van der Waals surface area contributed by atoms with Crippen molar-refractivity contribution in [1.82, 2.24) is 10.2 Å². The first-order valence-corrected chi connectivity index (χ1v) is 16.9. The molecule has 0 spiro atoms. The number of amides is 3. The number of piperidine rings is 2. The van der Waals surface area contributed by atoms with Crippen molar-refractivity contribution in [2.75, 3.05) is 36.5 Å². The van der Waals surface area contributed by atoms with Crippen LogP contribution < -0.4 is 20.5 Å². The summed E-state index contributed by atoms with van der Waals surface area (Å²) in [5.41, 5.74) is 5.29.